The van der Waals surface area contributed by atoms with Gasteiger partial charge in [0.15, 0.2) is 17.0 Å². The zero-order chi connectivity index (χ0) is 40.1. The van der Waals surface area contributed by atoms with Crippen molar-refractivity contribution in [2.75, 3.05) is 41.7 Å². The Hall–Kier alpha value is -6.29. The number of H-pyrrole nitrogens is 1. The summed E-state index contributed by atoms with van der Waals surface area (Å²) in [4.78, 5) is 31.8. The first kappa shape index (κ1) is 36.1. The molecule has 2 saturated heterocycles. The summed E-state index contributed by atoms with van der Waals surface area (Å²) in [6.45, 7) is 0.327. The van der Waals surface area contributed by atoms with Crippen molar-refractivity contribution in [3.05, 3.63) is 124 Å². The molecule has 0 bridgehead atoms. The van der Waals surface area contributed by atoms with Crippen LogP contribution < -0.4 is 25.0 Å². The first-order chi connectivity index (χ1) is 27.7. The van der Waals surface area contributed by atoms with Crippen molar-refractivity contribution in [3.63, 3.8) is 0 Å². The maximum Gasteiger partial charge on any atom is 0.282 e. The number of hydrogen-bond acceptors (Lipinski definition) is 10. The Kier molecular flexibility index (Phi) is 8.00. The SMILES string of the molecule is CC1(F)CN(c2cc3c(cc2F)C2(OCc4ccc(C(=O)CCc5ccc(COc6nc(N)nc7nc[nH]c67)cc5)cc42)c2cc(F)c(N4CC(F)(F)C4)cc2O3)C1. The average molecular weight is 796 g/mol. The number of nitrogens with zero attached hydrogens (tertiary/aromatic N) is 5. The molecule has 2 fully saturated rings. The van der Waals surface area contributed by atoms with Gasteiger partial charge in [0.25, 0.3) is 5.92 Å². The summed E-state index contributed by atoms with van der Waals surface area (Å²) in [6, 6.07) is 18.0. The molecule has 0 radical (unpaired) electrons. The van der Waals surface area contributed by atoms with Crippen LogP contribution in [0.2, 0.25) is 0 Å². The van der Waals surface area contributed by atoms with Crippen LogP contribution in [0.25, 0.3) is 11.2 Å². The lowest BCUT2D eigenvalue weighted by molar-refractivity contribution is -0.0266. The van der Waals surface area contributed by atoms with E-state index in [0.29, 0.717) is 34.3 Å². The van der Waals surface area contributed by atoms with Gasteiger partial charge in [0, 0.05) is 35.2 Å². The number of carbonyl (C=O) groups excluding carboxylic acids is 1. The third kappa shape index (κ3) is 5.96. The van der Waals surface area contributed by atoms with Crippen LogP contribution in [0, 0.1) is 11.6 Å². The van der Waals surface area contributed by atoms with Crippen LogP contribution in [0.5, 0.6) is 17.4 Å². The number of benzene rings is 4. The molecular formula is C42H34F5N7O4. The van der Waals surface area contributed by atoms with E-state index in [-0.39, 0.29) is 84.3 Å². The van der Waals surface area contributed by atoms with Gasteiger partial charge in [-0.2, -0.15) is 9.97 Å². The third-order valence-electron chi connectivity index (χ3n) is 11.2. The maximum absolute atomic E-state index is 16.0. The van der Waals surface area contributed by atoms with Crippen LogP contribution >= 0.6 is 0 Å². The van der Waals surface area contributed by atoms with Gasteiger partial charge in [0.2, 0.25) is 11.8 Å². The lowest BCUT2D eigenvalue weighted by Crippen LogP contribution is -2.57. The van der Waals surface area contributed by atoms with E-state index in [2.05, 4.69) is 19.9 Å². The maximum atomic E-state index is 16.0. The Balaban J connectivity index is 0.932. The Morgan fingerprint density at radius 1 is 0.862 bits per heavy atom. The fraction of sp³-hybridized carbons (Fsp3) is 0.286. The number of fused-ring (bicyclic) bond motifs is 7. The van der Waals surface area contributed by atoms with E-state index in [1.807, 2.05) is 24.3 Å². The number of nitrogens with one attached hydrogen (secondary N) is 1. The number of Topliss-reactive ketones (excluding diaryl/α,β-unsaturated/α-hetero) is 1. The molecule has 3 N–H and O–H groups in total. The first-order valence-corrected chi connectivity index (χ1v) is 18.7. The highest BCUT2D eigenvalue weighted by Crippen LogP contribution is 2.58. The molecule has 10 rings (SSSR count). The number of aryl methyl sites for hydroxylation is 1. The van der Waals surface area contributed by atoms with Gasteiger partial charge in [0.05, 0.1) is 50.5 Å². The van der Waals surface area contributed by atoms with Crippen LogP contribution in [0.4, 0.5) is 39.3 Å². The topological polar surface area (TPSA) is 132 Å². The molecular weight excluding hydrogens is 761 g/mol. The summed E-state index contributed by atoms with van der Waals surface area (Å²) >= 11 is 0. The predicted octanol–water partition coefficient (Wildman–Crippen LogP) is 7.54. The third-order valence-corrected chi connectivity index (χ3v) is 11.2. The van der Waals surface area contributed by atoms with Crippen LogP contribution in [-0.4, -0.2) is 63.5 Å². The van der Waals surface area contributed by atoms with Crippen LogP contribution in [0.15, 0.2) is 73.1 Å². The number of alkyl halides is 3. The van der Waals surface area contributed by atoms with Crippen molar-refractivity contribution < 1.29 is 41.0 Å². The number of rotatable bonds is 9. The molecule has 1 atom stereocenters. The molecule has 6 aromatic rings. The monoisotopic (exact) mass is 795 g/mol. The van der Waals surface area contributed by atoms with Gasteiger partial charge >= 0.3 is 0 Å². The van der Waals surface area contributed by atoms with E-state index in [4.69, 9.17) is 19.9 Å². The molecule has 0 amide bonds. The Morgan fingerprint density at radius 3 is 2.17 bits per heavy atom. The highest BCUT2D eigenvalue weighted by Gasteiger charge is 2.52. The second-order valence-corrected chi connectivity index (χ2v) is 15.5. The van der Waals surface area contributed by atoms with Gasteiger partial charge in [-0.05, 0) is 53.8 Å². The second-order valence-electron chi connectivity index (χ2n) is 15.5. The van der Waals surface area contributed by atoms with Crippen molar-refractivity contribution in [3.8, 4) is 17.4 Å². The number of aromatic amines is 1. The summed E-state index contributed by atoms with van der Waals surface area (Å²) in [5.41, 5.74) is 7.44. The average Bonchev–Trinajstić information content (AvgIpc) is 3.80. The molecule has 58 heavy (non-hydrogen) atoms. The molecule has 4 aromatic carbocycles. The Bertz CT molecular complexity index is 2570. The number of aromatic nitrogens is 4. The molecule has 0 aliphatic carbocycles. The van der Waals surface area contributed by atoms with Crippen molar-refractivity contribution in [1.29, 1.82) is 0 Å². The number of ketones is 1. The minimum atomic E-state index is -2.95. The number of halogens is 5. The number of nitrogen functional groups attached to an aromatic ring is 1. The summed E-state index contributed by atoms with van der Waals surface area (Å²) in [5, 5.41) is 0. The zero-order valence-corrected chi connectivity index (χ0v) is 30.9. The minimum absolute atomic E-state index is 0.0259. The van der Waals surface area contributed by atoms with Crippen molar-refractivity contribution in [2.45, 2.75) is 50.2 Å². The quantitative estimate of drug-likeness (QED) is 0.112. The Morgan fingerprint density at radius 2 is 1.52 bits per heavy atom. The number of imidazole rings is 1. The van der Waals surface area contributed by atoms with Crippen LogP contribution in [0.1, 0.15) is 57.1 Å². The fourth-order valence-electron chi connectivity index (χ4n) is 8.35. The number of ether oxygens (including phenoxy) is 3. The highest BCUT2D eigenvalue weighted by molar-refractivity contribution is 5.96. The predicted molar refractivity (Wildman–Crippen MR) is 202 cm³/mol. The normalized spacial score (nSPS) is 19.6. The van der Waals surface area contributed by atoms with E-state index < -0.39 is 41.9 Å². The van der Waals surface area contributed by atoms with E-state index in [1.165, 1.54) is 42.4 Å². The Labute approximate surface area is 327 Å². The van der Waals surface area contributed by atoms with Crippen LogP contribution in [0.3, 0.4) is 0 Å². The van der Waals surface area contributed by atoms with Gasteiger partial charge in [-0.15, -0.1) is 0 Å². The molecule has 4 aliphatic rings. The molecule has 16 heteroatoms. The van der Waals surface area contributed by atoms with Crippen molar-refractivity contribution >= 4 is 34.3 Å². The van der Waals surface area contributed by atoms with Gasteiger partial charge < -0.3 is 34.7 Å². The number of hydrogen-bond donors (Lipinski definition) is 2. The van der Waals surface area contributed by atoms with Gasteiger partial charge in [-0.1, -0.05) is 36.4 Å². The molecule has 2 aromatic heterocycles. The molecule has 1 unspecified atom stereocenters. The van der Waals surface area contributed by atoms with E-state index in [9.17, 15) is 18.0 Å². The van der Waals surface area contributed by atoms with Crippen molar-refractivity contribution in [1.82, 2.24) is 19.9 Å². The van der Waals surface area contributed by atoms with E-state index in [1.54, 1.807) is 23.1 Å². The summed E-state index contributed by atoms with van der Waals surface area (Å²) < 4.78 is 93.0. The van der Waals surface area contributed by atoms with Gasteiger partial charge in [-0.3, -0.25) is 4.79 Å². The van der Waals surface area contributed by atoms with Crippen molar-refractivity contribution in [2.24, 2.45) is 0 Å². The number of carbonyl (C=O) groups is 1. The summed E-state index contributed by atoms with van der Waals surface area (Å²) in [5.74, 6) is -3.92. The zero-order valence-electron chi connectivity index (χ0n) is 30.9. The number of anilines is 3. The molecule has 296 valence electrons. The second kappa shape index (κ2) is 12.9. The molecule has 11 nitrogen and oxygen atoms in total. The van der Waals surface area contributed by atoms with E-state index in [0.717, 1.165) is 11.1 Å². The number of nitrogens with two attached hydrogens (primary N) is 1. The largest absolute Gasteiger partial charge is 0.471 e. The summed E-state index contributed by atoms with van der Waals surface area (Å²) in [7, 11) is 0. The first-order valence-electron chi connectivity index (χ1n) is 18.7. The molecule has 6 heterocycles. The fourth-order valence-corrected chi connectivity index (χ4v) is 8.35. The summed E-state index contributed by atoms with van der Waals surface area (Å²) in [6.07, 6.45) is 2.08. The highest BCUT2D eigenvalue weighted by atomic mass is 19.3. The lowest BCUT2D eigenvalue weighted by atomic mass is 9.76. The minimum Gasteiger partial charge on any atom is -0.471 e. The lowest BCUT2D eigenvalue weighted by Gasteiger charge is -2.45. The van der Waals surface area contributed by atoms with Crippen LogP contribution in [-0.2, 0) is 30.0 Å². The molecule has 4 aliphatic heterocycles. The standard InChI is InChI=1S/C42H34F5N7O4/c1-40(45)17-53(18-40)31-13-34-27(11-29(31)43)42(28-12-30(44)32(14-35(28)58-34)54-19-41(46,47)20-54)26-10-24(7-8-25(26)16-57-42)33(55)9-6-22-2-4-23(5-3-22)15-56-38-36-37(50-21-49-36)51-39(48)52-38/h2-5,7-8,10-14,21H,6,9,15-20H2,1H3,(H3,48,49,50,51,52). The molecule has 1 spiro atoms. The van der Waals surface area contributed by atoms with Gasteiger partial charge in [0.1, 0.15) is 40.9 Å². The molecule has 0 saturated carbocycles. The smallest absolute Gasteiger partial charge is 0.282 e. The van der Waals surface area contributed by atoms with Gasteiger partial charge in [-0.25, -0.2) is 26.9 Å². The van der Waals surface area contributed by atoms with E-state index >= 15 is 8.78 Å².